The average Bonchev–Trinajstić information content (AvgIpc) is 2.81. The quantitative estimate of drug-likeness (QED) is 0.694. The van der Waals surface area contributed by atoms with Crippen LogP contribution in [-0.4, -0.2) is 14.6 Å². The predicted octanol–water partition coefficient (Wildman–Crippen LogP) is 3.03. The highest BCUT2D eigenvalue weighted by Crippen LogP contribution is 2.18. The molecule has 0 aliphatic heterocycles. The minimum Gasteiger partial charge on any atom is -0.219 e. The summed E-state index contributed by atoms with van der Waals surface area (Å²) in [7, 11) is 0. The van der Waals surface area contributed by atoms with Gasteiger partial charge < -0.3 is 0 Å². The van der Waals surface area contributed by atoms with E-state index in [1.165, 1.54) is 0 Å². The van der Waals surface area contributed by atoms with E-state index in [4.69, 9.17) is 5.26 Å². The van der Waals surface area contributed by atoms with Gasteiger partial charge in [0, 0.05) is 16.2 Å². The highest BCUT2D eigenvalue weighted by atomic mass is 79.9. The molecule has 0 aliphatic rings. The number of rotatable bonds is 1. The Morgan fingerprint density at radius 1 is 1.11 bits per heavy atom. The van der Waals surface area contributed by atoms with Crippen molar-refractivity contribution in [2.75, 3.05) is 0 Å². The van der Waals surface area contributed by atoms with Gasteiger partial charge in [0.15, 0.2) is 11.5 Å². The number of pyridine rings is 1. The average molecular weight is 299 g/mol. The molecule has 0 N–H and O–H groups in total. The number of nitrogens with zero attached hydrogens (tertiary/aromatic N) is 4. The Kier molecular flexibility index (Phi) is 2.58. The van der Waals surface area contributed by atoms with Gasteiger partial charge in [-0.3, -0.25) is 0 Å². The van der Waals surface area contributed by atoms with Crippen LogP contribution in [0.15, 0.2) is 47.1 Å². The minimum atomic E-state index is 0.630. The number of aromatic nitrogens is 3. The van der Waals surface area contributed by atoms with Gasteiger partial charge in [0.2, 0.25) is 0 Å². The fraction of sp³-hybridized carbons (Fsp3) is 0. The zero-order valence-electron chi connectivity index (χ0n) is 9.21. The van der Waals surface area contributed by atoms with Crippen molar-refractivity contribution in [3.63, 3.8) is 0 Å². The van der Waals surface area contributed by atoms with Crippen LogP contribution in [-0.2, 0) is 0 Å². The molecular weight excluding hydrogens is 292 g/mol. The third-order valence-corrected chi connectivity index (χ3v) is 3.04. The topological polar surface area (TPSA) is 54.0 Å². The molecule has 0 radical (unpaired) electrons. The first-order valence-electron chi connectivity index (χ1n) is 5.29. The molecule has 18 heavy (non-hydrogen) atoms. The van der Waals surface area contributed by atoms with E-state index < -0.39 is 0 Å². The molecule has 0 amide bonds. The van der Waals surface area contributed by atoms with Crippen molar-refractivity contribution in [1.82, 2.24) is 14.6 Å². The second-order valence-corrected chi connectivity index (χ2v) is 4.69. The summed E-state index contributed by atoms with van der Waals surface area (Å²) in [5.74, 6) is 0.651. The minimum absolute atomic E-state index is 0.630. The van der Waals surface area contributed by atoms with Gasteiger partial charge in [-0.05, 0) is 52.3 Å². The van der Waals surface area contributed by atoms with Crippen LogP contribution in [0, 0.1) is 11.3 Å². The molecule has 3 rings (SSSR count). The fourth-order valence-corrected chi connectivity index (χ4v) is 2.00. The predicted molar refractivity (Wildman–Crippen MR) is 70.8 cm³/mol. The summed E-state index contributed by atoms with van der Waals surface area (Å²) in [6, 6.07) is 13.1. The highest BCUT2D eigenvalue weighted by Gasteiger charge is 2.06. The summed E-state index contributed by atoms with van der Waals surface area (Å²) in [6.07, 6.45) is 1.86. The zero-order valence-corrected chi connectivity index (χ0v) is 10.8. The van der Waals surface area contributed by atoms with Crippen LogP contribution < -0.4 is 0 Å². The molecular formula is C13H7BrN4. The maximum atomic E-state index is 8.75. The van der Waals surface area contributed by atoms with Crippen molar-refractivity contribution >= 4 is 21.6 Å². The molecule has 2 heterocycles. The summed E-state index contributed by atoms with van der Waals surface area (Å²) in [6.45, 7) is 0. The largest absolute Gasteiger partial charge is 0.219 e. The Morgan fingerprint density at radius 3 is 2.61 bits per heavy atom. The van der Waals surface area contributed by atoms with E-state index in [1.807, 2.05) is 30.5 Å². The molecule has 5 heteroatoms. The second-order valence-electron chi connectivity index (χ2n) is 3.77. The first-order valence-corrected chi connectivity index (χ1v) is 6.08. The van der Waals surface area contributed by atoms with Crippen molar-refractivity contribution in [1.29, 1.82) is 5.26 Å². The first-order chi connectivity index (χ1) is 8.76. The lowest BCUT2D eigenvalue weighted by Gasteiger charge is -1.93. The van der Waals surface area contributed by atoms with Crippen molar-refractivity contribution in [3.05, 3.63) is 52.6 Å². The maximum absolute atomic E-state index is 8.75. The summed E-state index contributed by atoms with van der Waals surface area (Å²) < 4.78 is 2.67. The van der Waals surface area contributed by atoms with Gasteiger partial charge in [0.05, 0.1) is 11.6 Å². The Labute approximate surface area is 112 Å². The maximum Gasteiger partial charge on any atom is 0.182 e. The van der Waals surface area contributed by atoms with E-state index in [1.54, 1.807) is 16.6 Å². The Bertz CT molecular complexity index is 753. The molecule has 0 bridgehead atoms. The van der Waals surface area contributed by atoms with E-state index in [-0.39, 0.29) is 0 Å². The van der Waals surface area contributed by atoms with E-state index in [9.17, 15) is 0 Å². The van der Waals surface area contributed by atoms with Crippen molar-refractivity contribution in [3.8, 4) is 17.5 Å². The van der Waals surface area contributed by atoms with Crippen LogP contribution >= 0.6 is 15.9 Å². The van der Waals surface area contributed by atoms with Crippen molar-refractivity contribution in [2.45, 2.75) is 0 Å². The number of benzene rings is 1. The number of halogens is 1. The second kappa shape index (κ2) is 4.24. The monoisotopic (exact) mass is 298 g/mol. The molecule has 2 aromatic heterocycles. The van der Waals surface area contributed by atoms with Gasteiger partial charge in [-0.15, -0.1) is 5.10 Å². The van der Waals surface area contributed by atoms with Gasteiger partial charge >= 0.3 is 0 Å². The fourth-order valence-electron chi connectivity index (χ4n) is 1.67. The van der Waals surface area contributed by atoms with Crippen molar-refractivity contribution < 1.29 is 0 Å². The smallest absolute Gasteiger partial charge is 0.182 e. The van der Waals surface area contributed by atoms with E-state index in [0.29, 0.717) is 11.4 Å². The van der Waals surface area contributed by atoms with E-state index in [0.717, 1.165) is 15.7 Å². The molecule has 0 fully saturated rings. The van der Waals surface area contributed by atoms with Crippen molar-refractivity contribution in [2.24, 2.45) is 0 Å². The standard InChI is InChI=1S/C13H7BrN4/c14-11-5-6-12-16-13(17-18(12)8-11)10-3-1-9(7-15)2-4-10/h1-6,8H. The molecule has 0 saturated carbocycles. The number of hydrogen-bond acceptors (Lipinski definition) is 3. The van der Waals surface area contributed by atoms with Gasteiger partial charge in [-0.2, -0.15) is 5.26 Å². The number of fused-ring (bicyclic) bond motifs is 1. The van der Waals surface area contributed by atoms with Crippen LogP contribution in [0.25, 0.3) is 17.0 Å². The number of hydrogen-bond donors (Lipinski definition) is 0. The van der Waals surface area contributed by atoms with Crippen LogP contribution in [0.2, 0.25) is 0 Å². The van der Waals surface area contributed by atoms with E-state index in [2.05, 4.69) is 32.1 Å². The molecule has 86 valence electrons. The van der Waals surface area contributed by atoms with E-state index >= 15 is 0 Å². The first kappa shape index (κ1) is 10.9. The Morgan fingerprint density at radius 2 is 1.89 bits per heavy atom. The number of nitriles is 1. The Balaban J connectivity index is 2.10. The Hall–Kier alpha value is -2.19. The summed E-state index contributed by atoms with van der Waals surface area (Å²) in [5, 5.41) is 13.1. The lowest BCUT2D eigenvalue weighted by molar-refractivity contribution is 0.961. The SMILES string of the molecule is N#Cc1ccc(-c2nc3ccc(Br)cn3n2)cc1. The van der Waals surface area contributed by atoms with Gasteiger partial charge in [0.1, 0.15) is 0 Å². The van der Waals surface area contributed by atoms with Crippen LogP contribution in [0.1, 0.15) is 5.56 Å². The molecule has 3 aromatic rings. The normalized spacial score (nSPS) is 10.4. The molecule has 0 spiro atoms. The van der Waals surface area contributed by atoms with Crippen LogP contribution in [0.4, 0.5) is 0 Å². The lowest BCUT2D eigenvalue weighted by atomic mass is 10.1. The zero-order chi connectivity index (χ0) is 12.5. The highest BCUT2D eigenvalue weighted by molar-refractivity contribution is 9.10. The summed E-state index contributed by atoms with van der Waals surface area (Å²) in [4.78, 5) is 4.43. The van der Waals surface area contributed by atoms with Gasteiger partial charge in [-0.1, -0.05) is 0 Å². The molecule has 0 aliphatic carbocycles. The molecule has 4 nitrogen and oxygen atoms in total. The molecule has 0 unspecified atom stereocenters. The lowest BCUT2D eigenvalue weighted by Crippen LogP contribution is -1.86. The summed E-state index contributed by atoms with van der Waals surface area (Å²) in [5.41, 5.74) is 2.32. The van der Waals surface area contributed by atoms with Gasteiger partial charge in [-0.25, -0.2) is 9.50 Å². The third-order valence-electron chi connectivity index (χ3n) is 2.57. The molecule has 0 saturated heterocycles. The van der Waals surface area contributed by atoms with Gasteiger partial charge in [0.25, 0.3) is 0 Å². The summed E-state index contributed by atoms with van der Waals surface area (Å²) >= 11 is 3.39. The third kappa shape index (κ3) is 1.87. The van der Waals surface area contributed by atoms with Crippen LogP contribution in [0.5, 0.6) is 0 Å². The van der Waals surface area contributed by atoms with Crippen LogP contribution in [0.3, 0.4) is 0 Å². The molecule has 1 aromatic carbocycles. The molecule has 0 atom stereocenters.